The minimum absolute atomic E-state index is 0.774. The van der Waals surface area contributed by atoms with E-state index in [1.807, 2.05) is 0 Å². The van der Waals surface area contributed by atoms with Crippen molar-refractivity contribution in [1.29, 1.82) is 0 Å². The molecule has 3 aliphatic rings. The van der Waals surface area contributed by atoms with Crippen LogP contribution in [0.3, 0.4) is 0 Å². The van der Waals surface area contributed by atoms with Crippen molar-refractivity contribution >= 4 is 0 Å². The van der Waals surface area contributed by atoms with Crippen LogP contribution in [0.5, 0.6) is 0 Å². The predicted octanol–water partition coefficient (Wildman–Crippen LogP) is 2.28. The summed E-state index contributed by atoms with van der Waals surface area (Å²) < 4.78 is 0. The average molecular weight is 279 g/mol. The van der Waals surface area contributed by atoms with E-state index in [0.29, 0.717) is 0 Å². The summed E-state index contributed by atoms with van der Waals surface area (Å²) in [6.45, 7) is 10.4. The number of likely N-dealkylation sites (tertiary alicyclic amines) is 1. The van der Waals surface area contributed by atoms with Crippen molar-refractivity contribution in [2.24, 2.45) is 5.92 Å². The Bertz CT molecular complexity index is 299. The molecule has 0 radical (unpaired) electrons. The topological polar surface area (TPSA) is 9.72 Å². The first-order valence-electron chi connectivity index (χ1n) is 8.89. The maximum atomic E-state index is 2.80. The predicted molar refractivity (Wildman–Crippen MR) is 85.1 cm³/mol. The van der Waals surface area contributed by atoms with E-state index in [9.17, 15) is 0 Å². The number of fused-ring (bicyclic) bond motifs is 1. The first-order chi connectivity index (χ1) is 9.72. The van der Waals surface area contributed by atoms with Crippen molar-refractivity contribution in [1.82, 2.24) is 14.7 Å². The number of rotatable bonds is 3. The lowest BCUT2D eigenvalue weighted by molar-refractivity contribution is 0.0114. The molecule has 0 aromatic rings. The molecule has 0 saturated carbocycles. The Morgan fingerprint density at radius 3 is 2.55 bits per heavy atom. The molecule has 0 aromatic carbocycles. The number of hydrogen-bond donors (Lipinski definition) is 0. The molecule has 116 valence electrons. The first-order valence-corrected chi connectivity index (χ1v) is 8.89. The van der Waals surface area contributed by atoms with E-state index < -0.39 is 0 Å². The quantitative estimate of drug-likeness (QED) is 0.785. The molecule has 0 spiro atoms. The zero-order valence-electron chi connectivity index (χ0n) is 13.6. The van der Waals surface area contributed by atoms with Crippen LogP contribution in [0.2, 0.25) is 0 Å². The smallest absolute Gasteiger partial charge is 0.0223 e. The van der Waals surface area contributed by atoms with E-state index >= 15 is 0 Å². The standard InChI is InChI=1S/C17H33N3/c1-15-13-20-9-4-3-5-17(20)14-19(15)12-8-16-6-10-18(2)11-7-16/h15-17H,3-14H2,1-2H3. The minimum Gasteiger partial charge on any atom is -0.306 e. The van der Waals surface area contributed by atoms with Gasteiger partial charge >= 0.3 is 0 Å². The minimum atomic E-state index is 0.774. The second-order valence-electron chi connectivity index (χ2n) is 7.52. The summed E-state index contributed by atoms with van der Waals surface area (Å²) in [4.78, 5) is 8.05. The Kier molecular flexibility index (Phi) is 5.00. The van der Waals surface area contributed by atoms with E-state index in [-0.39, 0.29) is 0 Å². The lowest BCUT2D eigenvalue weighted by Gasteiger charge is -2.48. The summed E-state index contributed by atoms with van der Waals surface area (Å²) in [5.41, 5.74) is 0. The molecule has 0 aliphatic carbocycles. The summed E-state index contributed by atoms with van der Waals surface area (Å²) in [5.74, 6) is 0.989. The lowest BCUT2D eigenvalue weighted by atomic mass is 9.92. The fourth-order valence-corrected chi connectivity index (χ4v) is 4.42. The van der Waals surface area contributed by atoms with Crippen LogP contribution < -0.4 is 0 Å². The second-order valence-corrected chi connectivity index (χ2v) is 7.52. The van der Waals surface area contributed by atoms with Crippen LogP contribution in [-0.2, 0) is 0 Å². The summed E-state index contributed by atoms with van der Waals surface area (Å²) in [7, 11) is 2.26. The van der Waals surface area contributed by atoms with Crippen LogP contribution in [0.15, 0.2) is 0 Å². The zero-order valence-corrected chi connectivity index (χ0v) is 13.6. The largest absolute Gasteiger partial charge is 0.306 e. The first kappa shape index (κ1) is 14.8. The van der Waals surface area contributed by atoms with Gasteiger partial charge in [0.1, 0.15) is 0 Å². The highest BCUT2D eigenvalue weighted by atomic mass is 15.3. The van der Waals surface area contributed by atoms with Gasteiger partial charge in [-0.05, 0) is 78.2 Å². The van der Waals surface area contributed by atoms with Crippen molar-refractivity contribution in [2.45, 2.75) is 57.5 Å². The summed E-state index contributed by atoms with van der Waals surface area (Å²) in [5, 5.41) is 0. The highest BCUT2D eigenvalue weighted by molar-refractivity contribution is 4.89. The van der Waals surface area contributed by atoms with E-state index in [1.165, 1.54) is 77.8 Å². The number of piperidine rings is 2. The Balaban J connectivity index is 1.45. The van der Waals surface area contributed by atoms with E-state index in [0.717, 1.165) is 18.0 Å². The van der Waals surface area contributed by atoms with Crippen molar-refractivity contribution in [3.8, 4) is 0 Å². The highest BCUT2D eigenvalue weighted by Crippen LogP contribution is 2.26. The van der Waals surface area contributed by atoms with Gasteiger partial charge in [-0.3, -0.25) is 9.80 Å². The molecule has 2 unspecified atom stereocenters. The molecule has 3 rings (SSSR count). The molecule has 20 heavy (non-hydrogen) atoms. The molecule has 3 aliphatic heterocycles. The van der Waals surface area contributed by atoms with Gasteiger partial charge in [0.2, 0.25) is 0 Å². The van der Waals surface area contributed by atoms with Gasteiger partial charge in [-0.25, -0.2) is 0 Å². The zero-order chi connectivity index (χ0) is 13.9. The van der Waals surface area contributed by atoms with E-state index in [4.69, 9.17) is 0 Å². The van der Waals surface area contributed by atoms with E-state index in [1.54, 1.807) is 0 Å². The SMILES string of the molecule is CC1CN2CCCCC2CN1CCC1CCN(C)CC1. The van der Waals surface area contributed by atoms with Gasteiger partial charge in [0, 0.05) is 25.2 Å². The van der Waals surface area contributed by atoms with Crippen LogP contribution in [-0.4, -0.2) is 73.1 Å². The van der Waals surface area contributed by atoms with Crippen molar-refractivity contribution in [3.05, 3.63) is 0 Å². The van der Waals surface area contributed by atoms with E-state index in [2.05, 4.69) is 28.7 Å². The number of nitrogens with zero attached hydrogens (tertiary/aromatic N) is 3. The fourth-order valence-electron chi connectivity index (χ4n) is 4.42. The fraction of sp³-hybridized carbons (Fsp3) is 1.00. The van der Waals surface area contributed by atoms with Crippen LogP contribution in [0.4, 0.5) is 0 Å². The van der Waals surface area contributed by atoms with Gasteiger partial charge in [0.25, 0.3) is 0 Å². The third kappa shape index (κ3) is 3.55. The molecule has 3 nitrogen and oxygen atoms in total. The molecule has 3 heteroatoms. The van der Waals surface area contributed by atoms with Crippen molar-refractivity contribution < 1.29 is 0 Å². The summed E-state index contributed by atoms with van der Waals surface area (Å²) in [6, 6.07) is 1.65. The van der Waals surface area contributed by atoms with Gasteiger partial charge in [0.15, 0.2) is 0 Å². The van der Waals surface area contributed by atoms with Crippen LogP contribution >= 0.6 is 0 Å². The third-order valence-electron chi connectivity index (χ3n) is 5.98. The van der Waals surface area contributed by atoms with Crippen LogP contribution in [0.25, 0.3) is 0 Å². The normalized spacial score (nSPS) is 35.1. The monoisotopic (exact) mass is 279 g/mol. The van der Waals surface area contributed by atoms with Gasteiger partial charge in [-0.15, -0.1) is 0 Å². The van der Waals surface area contributed by atoms with Gasteiger partial charge in [0.05, 0.1) is 0 Å². The molecule has 2 atom stereocenters. The molecule has 3 saturated heterocycles. The molecule has 0 aromatic heterocycles. The molecule has 3 heterocycles. The third-order valence-corrected chi connectivity index (χ3v) is 5.98. The molecular formula is C17H33N3. The van der Waals surface area contributed by atoms with Gasteiger partial charge < -0.3 is 4.90 Å². The van der Waals surface area contributed by atoms with Crippen LogP contribution in [0.1, 0.15) is 45.4 Å². The Hall–Kier alpha value is -0.120. The molecule has 0 amide bonds. The number of hydrogen-bond acceptors (Lipinski definition) is 3. The second kappa shape index (κ2) is 6.76. The average Bonchev–Trinajstić information content (AvgIpc) is 2.47. The Morgan fingerprint density at radius 1 is 0.950 bits per heavy atom. The molecule has 0 N–H and O–H groups in total. The Morgan fingerprint density at radius 2 is 1.75 bits per heavy atom. The maximum Gasteiger partial charge on any atom is 0.0223 e. The Labute approximate surface area is 125 Å². The van der Waals surface area contributed by atoms with Gasteiger partial charge in [-0.1, -0.05) is 6.42 Å². The molecule has 0 bridgehead atoms. The van der Waals surface area contributed by atoms with Crippen molar-refractivity contribution in [2.75, 3.05) is 46.3 Å². The number of piperazine rings is 1. The summed E-state index contributed by atoms with van der Waals surface area (Å²) in [6.07, 6.45) is 8.61. The molecular weight excluding hydrogens is 246 g/mol. The van der Waals surface area contributed by atoms with Crippen molar-refractivity contribution in [3.63, 3.8) is 0 Å². The highest BCUT2D eigenvalue weighted by Gasteiger charge is 2.32. The van der Waals surface area contributed by atoms with Gasteiger partial charge in [-0.2, -0.15) is 0 Å². The molecule has 3 fully saturated rings. The summed E-state index contributed by atoms with van der Waals surface area (Å²) >= 11 is 0. The maximum absolute atomic E-state index is 2.80. The lowest BCUT2D eigenvalue weighted by Crippen LogP contribution is -2.58. The van der Waals surface area contributed by atoms with Crippen LogP contribution in [0, 0.1) is 5.92 Å².